The van der Waals surface area contributed by atoms with Crippen LogP contribution in [0.25, 0.3) is 0 Å². The average Bonchev–Trinajstić information content (AvgIpc) is 3.43. The first kappa shape index (κ1) is 24.2. The third kappa shape index (κ3) is 5.09. The number of hydrogen-bond acceptors (Lipinski definition) is 5. The molecule has 0 saturated heterocycles. The Balaban J connectivity index is 1.52. The Morgan fingerprint density at radius 2 is 1.85 bits per heavy atom. The van der Waals surface area contributed by atoms with Crippen LogP contribution in [-0.4, -0.2) is 46.5 Å². The van der Waals surface area contributed by atoms with Gasteiger partial charge in [-0.1, -0.05) is 49.5 Å². The van der Waals surface area contributed by atoms with Gasteiger partial charge in [0.25, 0.3) is 5.91 Å². The highest BCUT2D eigenvalue weighted by Gasteiger charge is 2.44. The number of aliphatic hydroxyl groups is 2. The lowest BCUT2D eigenvalue weighted by Crippen LogP contribution is -2.41. The van der Waals surface area contributed by atoms with E-state index in [0.717, 1.165) is 12.8 Å². The monoisotopic (exact) mass is 466 g/mol. The van der Waals surface area contributed by atoms with Crippen LogP contribution in [0.2, 0.25) is 0 Å². The standard InChI is InChI=1S/C27H34N2O5/c1-16-11-12-19-18-8-3-2-4-10-23(32)28-14-13-22(31)25-26(33)24(27(34)29-25)21(30)9-6-5-7-17(18)15-20(16)19/h2-5,7,10-12,16-20,22,25,31,33H,6,8-9,13-15H2,1H3,(H,28,32)(H,29,34)/b3-2+,7-5+,10-4+/t16-,17+,18-,19+,20+,22-,25-/m0/s1. The first-order valence-corrected chi connectivity index (χ1v) is 12.3. The SMILES string of the molecule is C[C@H]1C=C[C@@H]2[C@H]3C/C=C/C=C/C(=O)NCC[C@H](O)[C@@H]4NC(=O)C(=C4O)C(=O)CC/C=C/[C@@H]3C[C@@H]21. The number of aliphatic hydroxyl groups excluding tert-OH is 2. The minimum absolute atomic E-state index is 0.117. The third-order valence-corrected chi connectivity index (χ3v) is 7.69. The van der Waals surface area contributed by atoms with Gasteiger partial charge in [-0.2, -0.15) is 0 Å². The predicted molar refractivity (Wildman–Crippen MR) is 128 cm³/mol. The zero-order chi connectivity index (χ0) is 24.2. The second-order valence-corrected chi connectivity index (χ2v) is 9.82. The molecule has 2 amide bonds. The Kier molecular flexibility index (Phi) is 7.51. The van der Waals surface area contributed by atoms with Gasteiger partial charge in [0.05, 0.1) is 6.10 Å². The Hall–Kier alpha value is -2.93. The lowest BCUT2D eigenvalue weighted by atomic mass is 9.85. The van der Waals surface area contributed by atoms with Crippen molar-refractivity contribution in [2.45, 2.75) is 51.2 Å². The van der Waals surface area contributed by atoms with Gasteiger partial charge in [0.2, 0.25) is 5.91 Å². The third-order valence-electron chi connectivity index (χ3n) is 7.69. The molecule has 0 aromatic heterocycles. The molecule has 4 aliphatic rings. The fourth-order valence-electron chi connectivity index (χ4n) is 5.84. The Bertz CT molecular complexity index is 976. The summed E-state index contributed by atoms with van der Waals surface area (Å²) in [4.78, 5) is 37.0. The number of nitrogens with one attached hydrogen (secondary N) is 2. The highest BCUT2D eigenvalue weighted by Crippen LogP contribution is 2.51. The predicted octanol–water partition coefficient (Wildman–Crippen LogP) is 2.66. The summed E-state index contributed by atoms with van der Waals surface area (Å²) in [7, 11) is 0. The first-order valence-electron chi connectivity index (χ1n) is 12.3. The highest BCUT2D eigenvalue weighted by atomic mass is 16.3. The molecule has 0 spiro atoms. The van der Waals surface area contributed by atoms with Crippen LogP contribution in [0.5, 0.6) is 0 Å². The van der Waals surface area contributed by atoms with E-state index >= 15 is 0 Å². The molecule has 4 N–H and O–H groups in total. The number of Topliss-reactive ketones (excluding diaryl/α,β-unsaturated/α-hetero) is 1. The number of carbonyl (C=O) groups excluding carboxylic acids is 3. The minimum atomic E-state index is -1.13. The first-order chi connectivity index (χ1) is 16.4. The van der Waals surface area contributed by atoms with E-state index in [9.17, 15) is 24.6 Å². The van der Waals surface area contributed by atoms with E-state index in [0.29, 0.717) is 36.0 Å². The van der Waals surface area contributed by atoms with Crippen molar-refractivity contribution in [2.24, 2.45) is 29.6 Å². The van der Waals surface area contributed by atoms with E-state index in [2.05, 4.69) is 41.9 Å². The van der Waals surface area contributed by atoms with Crippen molar-refractivity contribution in [3.05, 3.63) is 59.9 Å². The van der Waals surface area contributed by atoms with Crippen molar-refractivity contribution in [1.29, 1.82) is 0 Å². The summed E-state index contributed by atoms with van der Waals surface area (Å²) >= 11 is 0. The topological polar surface area (TPSA) is 116 Å². The van der Waals surface area contributed by atoms with E-state index in [1.807, 2.05) is 12.2 Å². The number of hydrogen-bond donors (Lipinski definition) is 4. The second-order valence-electron chi connectivity index (χ2n) is 9.82. The zero-order valence-corrected chi connectivity index (χ0v) is 19.5. The molecule has 4 rings (SSSR count). The summed E-state index contributed by atoms with van der Waals surface area (Å²) in [6, 6.07) is -1.04. The Morgan fingerprint density at radius 3 is 2.68 bits per heavy atom. The van der Waals surface area contributed by atoms with Crippen LogP contribution in [-0.2, 0) is 14.4 Å². The molecule has 2 bridgehead atoms. The molecule has 2 aliphatic heterocycles. The van der Waals surface area contributed by atoms with Gasteiger partial charge < -0.3 is 20.8 Å². The van der Waals surface area contributed by atoms with Crippen molar-refractivity contribution in [3.63, 3.8) is 0 Å². The van der Waals surface area contributed by atoms with Gasteiger partial charge in [0.1, 0.15) is 17.4 Å². The zero-order valence-electron chi connectivity index (χ0n) is 19.5. The van der Waals surface area contributed by atoms with Gasteiger partial charge in [0, 0.05) is 19.0 Å². The quantitative estimate of drug-likeness (QED) is 0.324. The van der Waals surface area contributed by atoms with E-state index < -0.39 is 29.6 Å². The maximum absolute atomic E-state index is 12.7. The molecule has 0 aromatic rings. The van der Waals surface area contributed by atoms with E-state index in [1.54, 1.807) is 6.08 Å². The van der Waals surface area contributed by atoms with Gasteiger partial charge in [0.15, 0.2) is 5.78 Å². The number of ketones is 1. The lowest BCUT2D eigenvalue weighted by Gasteiger charge is -2.20. The number of carbonyl (C=O) groups is 3. The molecule has 0 aromatic carbocycles. The molecular weight excluding hydrogens is 432 g/mol. The average molecular weight is 467 g/mol. The van der Waals surface area contributed by atoms with Crippen LogP contribution in [0.3, 0.4) is 0 Å². The second kappa shape index (κ2) is 10.6. The van der Waals surface area contributed by atoms with Crippen molar-refractivity contribution in [3.8, 4) is 0 Å². The Labute approximate surface area is 200 Å². The summed E-state index contributed by atoms with van der Waals surface area (Å²) in [5.74, 6) is 0.810. The van der Waals surface area contributed by atoms with Gasteiger partial charge >= 0.3 is 0 Å². The molecule has 34 heavy (non-hydrogen) atoms. The fourth-order valence-corrected chi connectivity index (χ4v) is 5.84. The van der Waals surface area contributed by atoms with Gasteiger partial charge in [-0.3, -0.25) is 14.4 Å². The lowest BCUT2D eigenvalue weighted by molar-refractivity contribution is -0.122. The van der Waals surface area contributed by atoms with Crippen LogP contribution in [0.15, 0.2) is 59.9 Å². The number of allylic oxidation sites excluding steroid dienone is 7. The fraction of sp³-hybridized carbons (Fsp3) is 0.519. The van der Waals surface area contributed by atoms with E-state index in [1.165, 1.54) is 6.08 Å². The van der Waals surface area contributed by atoms with Crippen LogP contribution in [0.1, 0.15) is 39.0 Å². The van der Waals surface area contributed by atoms with E-state index in [4.69, 9.17) is 0 Å². The largest absolute Gasteiger partial charge is 0.509 e. The molecule has 0 unspecified atom stereocenters. The van der Waals surface area contributed by atoms with Gasteiger partial charge in [-0.15, -0.1) is 0 Å². The highest BCUT2D eigenvalue weighted by molar-refractivity contribution is 6.21. The number of rotatable bonds is 0. The van der Waals surface area contributed by atoms with Gasteiger partial charge in [-0.05, 0) is 55.3 Å². The molecule has 2 heterocycles. The minimum Gasteiger partial charge on any atom is -0.509 e. The van der Waals surface area contributed by atoms with Crippen molar-refractivity contribution < 1.29 is 24.6 Å². The van der Waals surface area contributed by atoms with Crippen molar-refractivity contribution >= 4 is 17.6 Å². The van der Waals surface area contributed by atoms with Crippen LogP contribution < -0.4 is 10.6 Å². The van der Waals surface area contributed by atoms with Crippen molar-refractivity contribution in [2.75, 3.05) is 6.54 Å². The Morgan fingerprint density at radius 1 is 1.03 bits per heavy atom. The molecule has 182 valence electrons. The maximum Gasteiger partial charge on any atom is 0.259 e. The van der Waals surface area contributed by atoms with Crippen LogP contribution >= 0.6 is 0 Å². The summed E-state index contributed by atoms with van der Waals surface area (Å²) < 4.78 is 0. The molecule has 0 radical (unpaired) electrons. The normalized spacial score (nSPS) is 39.7. The molecule has 7 nitrogen and oxygen atoms in total. The van der Waals surface area contributed by atoms with Crippen molar-refractivity contribution in [1.82, 2.24) is 10.6 Å². The molecule has 7 atom stereocenters. The number of amides is 2. The molecule has 1 fully saturated rings. The van der Waals surface area contributed by atoms with Gasteiger partial charge in [-0.25, -0.2) is 0 Å². The molecular formula is C27H34N2O5. The summed E-state index contributed by atoms with van der Waals surface area (Å²) in [5, 5.41) is 26.0. The smallest absolute Gasteiger partial charge is 0.259 e. The summed E-state index contributed by atoms with van der Waals surface area (Å²) in [6.45, 7) is 2.43. The molecule has 7 heteroatoms. The summed E-state index contributed by atoms with van der Waals surface area (Å²) in [6.07, 6.45) is 17.7. The van der Waals surface area contributed by atoms with Crippen LogP contribution in [0, 0.1) is 29.6 Å². The maximum atomic E-state index is 12.7. The van der Waals surface area contributed by atoms with Crippen LogP contribution in [0.4, 0.5) is 0 Å². The molecule has 2 aliphatic carbocycles. The summed E-state index contributed by atoms with van der Waals surface area (Å²) in [5.41, 5.74) is -0.267. The molecule has 1 saturated carbocycles. The van der Waals surface area contributed by atoms with E-state index in [-0.39, 0.29) is 30.9 Å². The number of fused-ring (bicyclic) bond motifs is 4.